The molecule has 4 rings (SSSR count). The second-order valence-electron chi connectivity index (χ2n) is 8.25. The van der Waals surface area contributed by atoms with Crippen molar-refractivity contribution in [2.75, 3.05) is 10.8 Å². The molecule has 4 aromatic rings. The van der Waals surface area contributed by atoms with Crippen molar-refractivity contribution in [3.63, 3.8) is 0 Å². The van der Waals surface area contributed by atoms with E-state index in [-0.39, 0.29) is 40.7 Å². The molecule has 0 aliphatic carbocycles. The lowest BCUT2D eigenvalue weighted by molar-refractivity contribution is 0.0952. The molecule has 0 spiro atoms. The number of pyridine rings is 1. The summed E-state index contributed by atoms with van der Waals surface area (Å²) in [5.41, 5.74) is 0.985. The van der Waals surface area contributed by atoms with Crippen LogP contribution in [0.25, 0.3) is 0 Å². The summed E-state index contributed by atoms with van der Waals surface area (Å²) in [6.07, 6.45) is 1.62. The molecule has 0 unspecified atom stereocenters. The number of carbonyl (C=O) groups excluding carboxylic acids is 1. The number of carbonyl (C=O) groups is 1. The lowest BCUT2D eigenvalue weighted by Crippen LogP contribution is -2.32. The molecular formula is C27H22BrCl2N3O4S. The van der Waals surface area contributed by atoms with Crippen LogP contribution in [0.3, 0.4) is 0 Å². The van der Waals surface area contributed by atoms with Gasteiger partial charge in [0.2, 0.25) is 0 Å². The van der Waals surface area contributed by atoms with E-state index in [9.17, 15) is 18.0 Å². The molecule has 11 heteroatoms. The molecule has 0 atom stereocenters. The number of nitrogens with one attached hydrogen (secondary N) is 1. The van der Waals surface area contributed by atoms with E-state index < -0.39 is 15.9 Å². The summed E-state index contributed by atoms with van der Waals surface area (Å²) in [5, 5.41) is 3.27. The Morgan fingerprint density at radius 2 is 1.66 bits per heavy atom. The molecule has 1 N–H and O–H groups in total. The number of aromatic nitrogens is 1. The summed E-state index contributed by atoms with van der Waals surface area (Å²) in [4.78, 5) is 24.8. The lowest BCUT2D eigenvalue weighted by Gasteiger charge is -2.25. The van der Waals surface area contributed by atoms with E-state index in [2.05, 4.69) is 21.2 Å². The smallest absolute Gasteiger partial charge is 0.264 e. The van der Waals surface area contributed by atoms with Gasteiger partial charge in [-0.2, -0.15) is 0 Å². The minimum atomic E-state index is -4.11. The topological polar surface area (TPSA) is 88.5 Å². The van der Waals surface area contributed by atoms with Crippen LogP contribution < -0.4 is 15.2 Å². The zero-order valence-corrected chi connectivity index (χ0v) is 23.8. The monoisotopic (exact) mass is 633 g/mol. The number of nitrogens with zero attached hydrogens (tertiary/aromatic N) is 2. The third-order valence-corrected chi connectivity index (χ3v) is 8.46. The molecule has 0 aliphatic heterocycles. The quantitative estimate of drug-likeness (QED) is 0.254. The van der Waals surface area contributed by atoms with E-state index in [1.165, 1.54) is 33.1 Å². The minimum absolute atomic E-state index is 0.00472. The van der Waals surface area contributed by atoms with Crippen molar-refractivity contribution in [2.24, 2.45) is 0 Å². The maximum absolute atomic E-state index is 13.9. The van der Waals surface area contributed by atoms with Gasteiger partial charge < -0.3 is 9.88 Å². The standard InChI is InChI=1S/C27H22BrCl2N3O4S/c28-20-6-13-26(34)32(18-20)15-14-31-27(35)24-16-23(11-12-25(24)30)38(36,37)33(17-19-4-2-1-3-5-19)22-9-7-21(29)8-10-22/h1-13,16,18H,14-15,17H2,(H,31,35). The number of sulfonamides is 1. The summed E-state index contributed by atoms with van der Waals surface area (Å²) >= 11 is 15.6. The fourth-order valence-electron chi connectivity index (χ4n) is 3.70. The first-order valence-corrected chi connectivity index (χ1v) is 14.4. The molecule has 1 aromatic heterocycles. The number of rotatable bonds is 9. The number of hydrogen-bond acceptors (Lipinski definition) is 4. The number of anilines is 1. The number of hydrogen-bond donors (Lipinski definition) is 1. The molecule has 3 aromatic carbocycles. The fraction of sp³-hybridized carbons (Fsp3) is 0.111. The van der Waals surface area contributed by atoms with Crippen molar-refractivity contribution in [1.29, 1.82) is 0 Å². The number of benzene rings is 3. The maximum Gasteiger partial charge on any atom is 0.264 e. The Morgan fingerprint density at radius 3 is 2.37 bits per heavy atom. The van der Waals surface area contributed by atoms with Crippen LogP contribution >= 0.6 is 39.1 Å². The van der Waals surface area contributed by atoms with Crippen molar-refractivity contribution in [3.8, 4) is 0 Å². The first kappa shape index (κ1) is 27.9. The summed E-state index contributed by atoms with van der Waals surface area (Å²) in [6.45, 7) is 0.421. The predicted molar refractivity (Wildman–Crippen MR) is 153 cm³/mol. The van der Waals surface area contributed by atoms with Crippen LogP contribution in [-0.2, 0) is 23.1 Å². The van der Waals surface area contributed by atoms with Crippen LogP contribution in [0.1, 0.15) is 15.9 Å². The second-order valence-corrected chi connectivity index (χ2v) is 11.9. The predicted octanol–water partition coefficient (Wildman–Crippen LogP) is 5.74. The van der Waals surface area contributed by atoms with Crippen molar-refractivity contribution in [2.45, 2.75) is 18.0 Å². The van der Waals surface area contributed by atoms with Crippen molar-refractivity contribution < 1.29 is 13.2 Å². The number of amides is 1. The van der Waals surface area contributed by atoms with Crippen molar-refractivity contribution in [1.82, 2.24) is 9.88 Å². The van der Waals surface area contributed by atoms with E-state index in [4.69, 9.17) is 23.2 Å². The Hall–Kier alpha value is -3.11. The third kappa shape index (κ3) is 6.66. The Balaban J connectivity index is 1.61. The van der Waals surface area contributed by atoms with Crippen molar-refractivity contribution >= 4 is 60.7 Å². The zero-order chi connectivity index (χ0) is 27.3. The van der Waals surface area contributed by atoms with Gasteiger partial charge in [-0.05, 0) is 70.0 Å². The minimum Gasteiger partial charge on any atom is -0.350 e. The van der Waals surface area contributed by atoms with Gasteiger partial charge >= 0.3 is 0 Å². The van der Waals surface area contributed by atoms with Gasteiger partial charge in [0.1, 0.15) is 0 Å². The van der Waals surface area contributed by atoms with Gasteiger partial charge in [0.05, 0.1) is 27.7 Å². The molecule has 0 radical (unpaired) electrons. The molecular weight excluding hydrogens is 613 g/mol. The van der Waals surface area contributed by atoms with Gasteiger partial charge in [0.15, 0.2) is 0 Å². The average molecular weight is 635 g/mol. The molecule has 1 heterocycles. The van der Waals surface area contributed by atoms with Gasteiger partial charge in [-0.25, -0.2) is 8.42 Å². The van der Waals surface area contributed by atoms with E-state index in [0.29, 0.717) is 10.7 Å². The second kappa shape index (κ2) is 12.2. The molecule has 0 fully saturated rings. The highest BCUT2D eigenvalue weighted by Gasteiger charge is 2.27. The molecule has 196 valence electrons. The van der Waals surface area contributed by atoms with E-state index in [0.717, 1.165) is 10.0 Å². The van der Waals surface area contributed by atoms with Crippen LogP contribution in [0.2, 0.25) is 10.0 Å². The first-order valence-electron chi connectivity index (χ1n) is 11.4. The largest absolute Gasteiger partial charge is 0.350 e. The molecule has 0 bridgehead atoms. The Bertz CT molecular complexity index is 1610. The number of halogens is 3. The van der Waals surface area contributed by atoms with Crippen LogP contribution in [0.15, 0.2) is 105 Å². The van der Waals surface area contributed by atoms with Crippen LogP contribution in [-0.4, -0.2) is 25.4 Å². The van der Waals surface area contributed by atoms with Crippen molar-refractivity contribution in [3.05, 3.63) is 127 Å². The summed E-state index contributed by atoms with van der Waals surface area (Å²) < 4.78 is 31.1. The molecule has 0 saturated heterocycles. The van der Waals surface area contributed by atoms with Crippen LogP contribution in [0, 0.1) is 0 Å². The first-order chi connectivity index (χ1) is 18.1. The van der Waals surface area contributed by atoms with Gasteiger partial charge in [-0.3, -0.25) is 13.9 Å². The fourth-order valence-corrected chi connectivity index (χ4v) is 5.89. The van der Waals surface area contributed by atoms with E-state index in [1.54, 1.807) is 36.5 Å². The van der Waals surface area contributed by atoms with Crippen LogP contribution in [0.4, 0.5) is 5.69 Å². The SMILES string of the molecule is O=C(NCCn1cc(Br)ccc1=O)c1cc(S(=O)(=O)N(Cc2ccccc2)c2ccc(Cl)cc2)ccc1Cl. The highest BCUT2D eigenvalue weighted by molar-refractivity contribution is 9.10. The highest BCUT2D eigenvalue weighted by Crippen LogP contribution is 2.29. The molecule has 1 amide bonds. The Labute approximate surface area is 238 Å². The van der Waals surface area contributed by atoms with E-state index in [1.807, 2.05) is 30.3 Å². The summed E-state index contributed by atoms with van der Waals surface area (Å²) in [5.74, 6) is -0.559. The lowest BCUT2D eigenvalue weighted by atomic mass is 10.2. The Kier molecular flexibility index (Phi) is 8.94. The zero-order valence-electron chi connectivity index (χ0n) is 19.9. The Morgan fingerprint density at radius 1 is 0.947 bits per heavy atom. The van der Waals surface area contributed by atoms with Gasteiger partial charge in [-0.15, -0.1) is 0 Å². The molecule has 38 heavy (non-hydrogen) atoms. The maximum atomic E-state index is 13.9. The van der Waals surface area contributed by atoms with Gasteiger partial charge in [-0.1, -0.05) is 53.5 Å². The summed E-state index contributed by atoms with van der Waals surface area (Å²) in [6, 6.07) is 22.7. The average Bonchev–Trinajstić information content (AvgIpc) is 2.90. The highest BCUT2D eigenvalue weighted by atomic mass is 79.9. The molecule has 0 aliphatic rings. The van der Waals surface area contributed by atoms with E-state index >= 15 is 0 Å². The third-order valence-electron chi connectivity index (χ3n) is 5.64. The molecule has 0 saturated carbocycles. The molecule has 7 nitrogen and oxygen atoms in total. The normalized spacial score (nSPS) is 11.2. The van der Waals surface area contributed by atoms with Gasteiger partial charge in [0, 0.05) is 34.8 Å². The summed E-state index contributed by atoms with van der Waals surface area (Å²) in [7, 11) is -4.11. The van der Waals surface area contributed by atoms with Gasteiger partial charge in [0.25, 0.3) is 21.5 Å². The van der Waals surface area contributed by atoms with Crippen LogP contribution in [0.5, 0.6) is 0 Å².